The predicted octanol–water partition coefficient (Wildman–Crippen LogP) is -3.81. The lowest BCUT2D eigenvalue weighted by atomic mass is 9.97. The van der Waals surface area contributed by atoms with Gasteiger partial charge in [0.15, 0.2) is 6.04 Å². The van der Waals surface area contributed by atoms with Crippen LogP contribution in [0.5, 0.6) is 5.75 Å². The number of phenols is 1. The summed E-state index contributed by atoms with van der Waals surface area (Å²) in [7, 11) is 0. The third kappa shape index (κ3) is 15.2. The van der Waals surface area contributed by atoms with Crippen molar-refractivity contribution in [3.8, 4) is 5.75 Å². The summed E-state index contributed by atoms with van der Waals surface area (Å²) in [5, 5.41) is 46.2. The van der Waals surface area contributed by atoms with Gasteiger partial charge in [-0.1, -0.05) is 53.7 Å². The molecule has 21 nitrogen and oxygen atoms in total. The molecule has 11 N–H and O–H groups in total. The number of carboxylic acids is 1. The van der Waals surface area contributed by atoms with Gasteiger partial charge in [0.1, 0.15) is 36.0 Å². The first-order valence-corrected chi connectivity index (χ1v) is 22.0. The number of aliphatic hydroxyl groups is 1. The van der Waals surface area contributed by atoms with Crippen LogP contribution in [0.2, 0.25) is 0 Å². The van der Waals surface area contributed by atoms with Gasteiger partial charge in [-0.2, -0.15) is 0 Å². The molecule has 2 fully saturated rings. The molecule has 2 heterocycles. The lowest BCUT2D eigenvalue weighted by molar-refractivity contribution is -0.415. The number of hydrogen-bond donors (Lipinski definition) is 9. The van der Waals surface area contributed by atoms with Gasteiger partial charge in [0.05, 0.1) is 31.7 Å². The summed E-state index contributed by atoms with van der Waals surface area (Å²) in [5.74, 6) is -7.34. The monoisotopic (exact) mass is 901 g/mol. The van der Waals surface area contributed by atoms with Crippen LogP contribution in [-0.2, 0) is 49.6 Å². The van der Waals surface area contributed by atoms with Crippen LogP contribution >= 0.6 is 0 Å². The van der Waals surface area contributed by atoms with E-state index < -0.39 is 115 Å². The van der Waals surface area contributed by atoms with Gasteiger partial charge in [-0.25, -0.2) is 0 Å². The fourth-order valence-electron chi connectivity index (χ4n) is 7.56. The number of carboxylic acid groups (broad SMARTS) is 1. The van der Waals surface area contributed by atoms with Gasteiger partial charge in [-0.15, -0.1) is 0 Å². The average Bonchev–Trinajstić information content (AvgIpc) is 3.96. The van der Waals surface area contributed by atoms with Crippen LogP contribution in [0.25, 0.3) is 0 Å². The quantitative estimate of drug-likeness (QED) is 0.0511. The summed E-state index contributed by atoms with van der Waals surface area (Å²) in [5.41, 5.74) is 4.42. The Morgan fingerprint density at radius 2 is 1.36 bits per heavy atom. The normalized spacial score (nSPS) is 18.8. The summed E-state index contributed by atoms with van der Waals surface area (Å²) < 4.78 is 0. The largest absolute Gasteiger partial charge is 0.548 e. The number of nitrogens with zero attached hydrogens (tertiary/aromatic N) is 2. The summed E-state index contributed by atoms with van der Waals surface area (Å²) in [6.45, 7) is 9.36. The molecule has 8 amide bonds. The summed E-state index contributed by atoms with van der Waals surface area (Å²) in [4.78, 5) is 121. The van der Waals surface area contributed by atoms with Gasteiger partial charge in [0.25, 0.3) is 5.91 Å². The van der Waals surface area contributed by atoms with E-state index in [9.17, 15) is 58.5 Å². The van der Waals surface area contributed by atoms with Crippen LogP contribution in [-0.4, -0.2) is 148 Å². The molecule has 2 aliphatic heterocycles. The molecular weight excluding hydrogens is 835 g/mol. The zero-order chi connectivity index (χ0) is 47.8. The van der Waals surface area contributed by atoms with Crippen molar-refractivity contribution in [2.24, 2.45) is 17.8 Å². The zero-order valence-corrected chi connectivity index (χ0v) is 37.6. The van der Waals surface area contributed by atoms with Gasteiger partial charge >= 0.3 is 0 Å². The molecule has 0 aliphatic carbocycles. The summed E-state index contributed by atoms with van der Waals surface area (Å²) in [6.07, 6.45) is 2.48. The number of aromatic hydroxyl groups is 1. The molecule has 0 radical (unpaired) electrons. The molecule has 2 saturated heterocycles. The molecule has 0 saturated carbocycles. The second kappa shape index (κ2) is 24.9. The molecule has 1 aromatic carbocycles. The first kappa shape index (κ1) is 52.5. The number of aliphatic hydroxyl groups excluding tert-OH is 1. The highest BCUT2D eigenvalue weighted by Crippen LogP contribution is 2.25. The predicted molar refractivity (Wildman–Crippen MR) is 228 cm³/mol. The van der Waals surface area contributed by atoms with Crippen molar-refractivity contribution in [1.29, 1.82) is 0 Å². The van der Waals surface area contributed by atoms with E-state index in [1.807, 2.05) is 27.7 Å². The molecule has 3 rings (SSSR count). The van der Waals surface area contributed by atoms with Crippen molar-refractivity contribution >= 4 is 53.2 Å². The summed E-state index contributed by atoms with van der Waals surface area (Å²) in [6, 6.07) is -2.00. The maximum atomic E-state index is 13.9. The number of carbonyl (C=O) groups excluding carboxylic acids is 9. The molecule has 0 bridgehead atoms. The Morgan fingerprint density at radius 3 is 1.94 bits per heavy atom. The van der Waals surface area contributed by atoms with E-state index in [1.54, 1.807) is 13.8 Å². The minimum atomic E-state index is -1.59. The van der Waals surface area contributed by atoms with Crippen molar-refractivity contribution in [3.05, 3.63) is 29.8 Å². The van der Waals surface area contributed by atoms with Crippen molar-refractivity contribution in [2.45, 2.75) is 129 Å². The highest BCUT2D eigenvalue weighted by Gasteiger charge is 2.42. The van der Waals surface area contributed by atoms with E-state index in [1.165, 1.54) is 34.1 Å². The third-order valence-corrected chi connectivity index (χ3v) is 11.6. The topological polar surface area (TPSA) is 323 Å². The number of phenolic OH excluding ortho intramolecular Hbond substituents is 1. The molecule has 356 valence electrons. The Hall–Kier alpha value is -5.83. The van der Waals surface area contributed by atoms with E-state index >= 15 is 0 Å². The van der Waals surface area contributed by atoms with Crippen molar-refractivity contribution in [3.63, 3.8) is 0 Å². The number of rotatable bonds is 23. The fourth-order valence-corrected chi connectivity index (χ4v) is 7.56. The molecule has 0 spiro atoms. The van der Waals surface area contributed by atoms with E-state index in [2.05, 4.69) is 37.6 Å². The smallest absolute Gasteiger partial charge is 0.279 e. The minimum Gasteiger partial charge on any atom is -0.548 e. The number of likely N-dealkylation sites (tertiary alicyclic amines) is 2. The van der Waals surface area contributed by atoms with Gasteiger partial charge in [0, 0.05) is 19.0 Å². The van der Waals surface area contributed by atoms with Crippen molar-refractivity contribution in [2.75, 3.05) is 32.8 Å². The second-order valence-corrected chi connectivity index (χ2v) is 17.3. The average molecular weight is 902 g/mol. The minimum absolute atomic E-state index is 0.000789. The molecule has 8 atom stereocenters. The highest BCUT2D eigenvalue weighted by atomic mass is 16.4. The van der Waals surface area contributed by atoms with Gasteiger partial charge in [-0.05, 0) is 74.5 Å². The van der Waals surface area contributed by atoms with Gasteiger partial charge in [-0.3, -0.25) is 38.4 Å². The van der Waals surface area contributed by atoms with Crippen LogP contribution in [0.4, 0.5) is 0 Å². The molecule has 21 heteroatoms. The Morgan fingerprint density at radius 1 is 0.750 bits per heavy atom. The Labute approximate surface area is 373 Å². The maximum Gasteiger partial charge on any atom is 0.279 e. The van der Waals surface area contributed by atoms with Gasteiger partial charge < -0.3 is 67.5 Å². The van der Waals surface area contributed by atoms with Gasteiger partial charge in [0.2, 0.25) is 41.4 Å². The highest BCUT2D eigenvalue weighted by molar-refractivity contribution is 5.97. The lowest BCUT2D eigenvalue weighted by Gasteiger charge is -2.31. The number of benzene rings is 1. The molecule has 0 aromatic heterocycles. The number of carbonyl (C=O) groups is 9. The van der Waals surface area contributed by atoms with Crippen LogP contribution in [0, 0.1) is 17.8 Å². The third-order valence-electron chi connectivity index (χ3n) is 11.6. The standard InChI is InChI=1S/C43H67N9O12/c1-7-25(6)35(44)40(60)48-28(18-23(2)3)37(57)46-21-34(56)51-16-9-11-32(51)42(62)52-17-8-10-31(52)39(59)45-20-33(55)47-30(22-53)38(58)50-36(24(4)5)41(61)49-29(43(63)64)19-26-12-14-27(54)15-13-26/h12-15,23-25,28-32,35-36,53-54H,7-11,16-22,44H2,1-6H3,(H,45,59)(H,46,57)(H,47,55)(H,48,60)(H,49,61)(H,50,58)(H,63,64)/t25-,28-,29-,30-,31-,32-,35-,36-/m0/s1. The lowest BCUT2D eigenvalue weighted by Crippen LogP contribution is -2.71. The van der Waals surface area contributed by atoms with E-state index in [-0.39, 0.29) is 49.4 Å². The molecule has 0 unspecified atom stereocenters. The zero-order valence-electron chi connectivity index (χ0n) is 37.6. The number of quaternary nitrogens is 1. The number of nitrogens with one attached hydrogen (secondary N) is 6. The van der Waals surface area contributed by atoms with E-state index in [0.29, 0.717) is 31.2 Å². The Kier molecular flexibility index (Phi) is 20.4. The van der Waals surface area contributed by atoms with E-state index in [0.717, 1.165) is 6.42 Å². The Balaban J connectivity index is 1.55. The number of hydrogen-bond acceptors (Lipinski definition) is 12. The molecule has 64 heavy (non-hydrogen) atoms. The molecule has 1 aromatic rings. The SMILES string of the molecule is CC[C@H](C)[C@H]([NH3+])C(=O)N[C@@H](CC(C)C)C(=O)NCC(=O)N1CCC[C@H]1C(=O)N1CCC[C@H]1C(=O)NCC(=O)N[C@@H](CO)C(=O)N[C@H](C(=O)N[C@@H](Cc1ccc(O)cc1)C(=O)[O-])C(C)C. The maximum absolute atomic E-state index is 13.9. The van der Waals surface area contributed by atoms with Crippen LogP contribution < -0.4 is 42.7 Å². The Bertz CT molecular complexity index is 1830. The molecular formula is C43H67N9O12. The van der Waals surface area contributed by atoms with Crippen LogP contribution in [0.1, 0.15) is 85.6 Å². The summed E-state index contributed by atoms with van der Waals surface area (Å²) >= 11 is 0. The van der Waals surface area contributed by atoms with Crippen LogP contribution in [0.15, 0.2) is 24.3 Å². The molecule has 2 aliphatic rings. The van der Waals surface area contributed by atoms with E-state index in [4.69, 9.17) is 0 Å². The first-order chi connectivity index (χ1) is 30.2. The van der Waals surface area contributed by atoms with Crippen molar-refractivity contribution in [1.82, 2.24) is 41.7 Å². The fraction of sp³-hybridized carbons (Fsp3) is 0.651. The number of aliphatic carboxylic acids is 1. The van der Waals surface area contributed by atoms with Crippen LogP contribution in [0.3, 0.4) is 0 Å². The van der Waals surface area contributed by atoms with Crippen molar-refractivity contribution < 1.29 is 64.2 Å². The first-order valence-electron chi connectivity index (χ1n) is 22.0. The number of amides is 8. The second-order valence-electron chi connectivity index (χ2n) is 17.3.